The minimum absolute atomic E-state index is 0.321. The number of nitrogens with one attached hydrogen (secondary N) is 1. The molecular weight excluding hydrogens is 308 g/mol. The molecule has 7 heteroatoms. The number of pyridine rings is 1. The Labute approximate surface area is 137 Å². The predicted octanol–water partition coefficient (Wildman–Crippen LogP) is 1.78. The third-order valence-corrected chi connectivity index (χ3v) is 4.30. The number of amides is 1. The van der Waals surface area contributed by atoms with Crippen molar-refractivity contribution in [2.24, 2.45) is 0 Å². The second-order valence-electron chi connectivity index (χ2n) is 5.63. The van der Waals surface area contributed by atoms with E-state index < -0.39 is 12.0 Å². The van der Waals surface area contributed by atoms with Crippen LogP contribution in [0.25, 0.3) is 10.9 Å². The Bertz CT molecular complexity index is 944. The van der Waals surface area contributed by atoms with E-state index >= 15 is 0 Å². The van der Waals surface area contributed by atoms with Crippen molar-refractivity contribution in [2.45, 2.75) is 12.5 Å². The first-order chi connectivity index (χ1) is 11.7. The number of imidazole rings is 1. The summed E-state index contributed by atoms with van der Waals surface area (Å²) in [5.41, 5.74) is 2.32. The number of fused-ring (bicyclic) bond motifs is 2. The summed E-state index contributed by atoms with van der Waals surface area (Å²) >= 11 is 0. The number of carboxylic acid groups (broad SMARTS) is 1. The Balaban J connectivity index is 1.80. The van der Waals surface area contributed by atoms with E-state index in [1.165, 1.54) is 11.2 Å². The van der Waals surface area contributed by atoms with Crippen molar-refractivity contribution in [3.8, 4) is 0 Å². The number of aliphatic carboxylic acids is 1. The summed E-state index contributed by atoms with van der Waals surface area (Å²) in [4.78, 5) is 37.5. The molecule has 0 radical (unpaired) electrons. The monoisotopic (exact) mass is 322 g/mol. The molecule has 0 saturated heterocycles. The van der Waals surface area contributed by atoms with Crippen LogP contribution in [0, 0.1) is 0 Å². The molecule has 24 heavy (non-hydrogen) atoms. The van der Waals surface area contributed by atoms with Gasteiger partial charge >= 0.3 is 5.97 Å². The lowest BCUT2D eigenvalue weighted by atomic mass is 10.0. The molecule has 1 aliphatic heterocycles. The van der Waals surface area contributed by atoms with Crippen LogP contribution in [0.4, 0.5) is 0 Å². The first-order valence-corrected chi connectivity index (χ1v) is 7.56. The fraction of sp³-hybridized carbons (Fsp3) is 0.176. The molecule has 120 valence electrons. The van der Waals surface area contributed by atoms with Gasteiger partial charge in [0.05, 0.1) is 23.1 Å². The zero-order chi connectivity index (χ0) is 16.7. The highest BCUT2D eigenvalue weighted by atomic mass is 16.4. The van der Waals surface area contributed by atoms with Crippen molar-refractivity contribution in [2.75, 3.05) is 6.54 Å². The van der Waals surface area contributed by atoms with Gasteiger partial charge in [0.15, 0.2) is 6.04 Å². The van der Waals surface area contributed by atoms with Gasteiger partial charge in [-0.1, -0.05) is 18.2 Å². The Morgan fingerprint density at radius 1 is 1.21 bits per heavy atom. The topological polar surface area (TPSA) is 99.2 Å². The molecule has 1 atom stereocenters. The van der Waals surface area contributed by atoms with Gasteiger partial charge in [0.1, 0.15) is 0 Å². The molecule has 2 N–H and O–H groups in total. The van der Waals surface area contributed by atoms with Crippen molar-refractivity contribution >= 4 is 22.8 Å². The van der Waals surface area contributed by atoms with Crippen LogP contribution in [-0.4, -0.2) is 43.4 Å². The number of hydrogen-bond acceptors (Lipinski definition) is 4. The normalized spacial score (nSPS) is 16.8. The lowest BCUT2D eigenvalue weighted by molar-refractivity contribution is -0.143. The summed E-state index contributed by atoms with van der Waals surface area (Å²) in [6, 6.07) is 7.86. The van der Waals surface area contributed by atoms with Crippen LogP contribution >= 0.6 is 0 Å². The Kier molecular flexibility index (Phi) is 3.26. The summed E-state index contributed by atoms with van der Waals surface area (Å²) in [6.45, 7) is 0.321. The van der Waals surface area contributed by atoms with Gasteiger partial charge in [-0.15, -0.1) is 0 Å². The van der Waals surface area contributed by atoms with Crippen LogP contribution in [-0.2, 0) is 11.2 Å². The number of para-hydroxylation sites is 1. The van der Waals surface area contributed by atoms with Crippen molar-refractivity contribution in [1.29, 1.82) is 0 Å². The highest BCUT2D eigenvalue weighted by molar-refractivity contribution is 6.07. The summed E-state index contributed by atoms with van der Waals surface area (Å²) in [6.07, 6.45) is 3.58. The lowest BCUT2D eigenvalue weighted by Crippen LogP contribution is -2.43. The molecule has 4 rings (SSSR count). The van der Waals surface area contributed by atoms with E-state index in [4.69, 9.17) is 0 Å². The number of carbonyl (C=O) groups is 2. The fourth-order valence-corrected chi connectivity index (χ4v) is 3.18. The number of rotatable bonds is 2. The number of H-pyrrole nitrogens is 1. The fourth-order valence-electron chi connectivity index (χ4n) is 3.18. The van der Waals surface area contributed by atoms with Gasteiger partial charge in [-0.25, -0.2) is 9.78 Å². The molecule has 1 aromatic carbocycles. The standard InChI is InChI=1S/C17H14N4O3/c22-16(11-5-7-18-12-4-2-1-3-10(11)12)21-8-6-13-14(20-9-19-13)15(21)17(23)24/h1-5,7,9,15H,6,8H2,(H,19,20)(H,23,24)/t15-/m0/s1. The maximum absolute atomic E-state index is 13.1. The second kappa shape index (κ2) is 5.45. The van der Waals surface area contributed by atoms with E-state index in [1.807, 2.05) is 24.3 Å². The maximum atomic E-state index is 13.1. The summed E-state index contributed by atoms with van der Waals surface area (Å²) < 4.78 is 0. The molecule has 1 amide bonds. The third-order valence-electron chi connectivity index (χ3n) is 4.30. The number of carbonyl (C=O) groups excluding carboxylic acids is 1. The van der Waals surface area contributed by atoms with Crippen molar-refractivity contribution in [3.63, 3.8) is 0 Å². The van der Waals surface area contributed by atoms with Crippen LogP contribution in [0.3, 0.4) is 0 Å². The molecule has 0 saturated carbocycles. The van der Waals surface area contributed by atoms with Crippen molar-refractivity contribution in [3.05, 3.63) is 59.8 Å². The van der Waals surface area contributed by atoms with Crippen LogP contribution in [0.15, 0.2) is 42.9 Å². The van der Waals surface area contributed by atoms with Gasteiger partial charge in [-0.2, -0.15) is 0 Å². The van der Waals surface area contributed by atoms with Gasteiger partial charge < -0.3 is 15.0 Å². The largest absolute Gasteiger partial charge is 0.479 e. The SMILES string of the molecule is O=C(O)[C@@H]1c2nc[nH]c2CCN1C(=O)c1ccnc2ccccc12. The quantitative estimate of drug-likeness (QED) is 0.749. The third kappa shape index (κ3) is 2.13. The van der Waals surface area contributed by atoms with E-state index in [2.05, 4.69) is 15.0 Å². The van der Waals surface area contributed by atoms with Crippen molar-refractivity contribution in [1.82, 2.24) is 19.9 Å². The van der Waals surface area contributed by atoms with Gasteiger partial charge in [0, 0.05) is 30.2 Å². The number of nitrogens with zero attached hydrogens (tertiary/aromatic N) is 3. The van der Waals surface area contributed by atoms with E-state index in [0.29, 0.717) is 35.1 Å². The molecule has 0 unspecified atom stereocenters. The average molecular weight is 322 g/mol. The summed E-state index contributed by atoms with van der Waals surface area (Å²) in [5.74, 6) is -1.41. The highest BCUT2D eigenvalue weighted by Gasteiger charge is 2.38. The van der Waals surface area contributed by atoms with Gasteiger partial charge in [-0.3, -0.25) is 9.78 Å². The maximum Gasteiger partial charge on any atom is 0.332 e. The number of aromatic nitrogens is 3. The average Bonchev–Trinajstić information content (AvgIpc) is 3.08. The molecule has 0 aliphatic carbocycles. The first-order valence-electron chi connectivity index (χ1n) is 7.56. The molecule has 3 heterocycles. The summed E-state index contributed by atoms with van der Waals surface area (Å²) in [7, 11) is 0. The number of carboxylic acids is 1. The molecule has 1 aliphatic rings. The molecule has 0 spiro atoms. The van der Waals surface area contributed by atoms with Gasteiger partial charge in [-0.05, 0) is 12.1 Å². The van der Waals surface area contributed by atoms with Gasteiger partial charge in [0.25, 0.3) is 5.91 Å². The molecular formula is C17H14N4O3. The smallest absolute Gasteiger partial charge is 0.332 e. The Morgan fingerprint density at radius 2 is 2.04 bits per heavy atom. The highest BCUT2D eigenvalue weighted by Crippen LogP contribution is 2.30. The minimum atomic E-state index is -1.09. The lowest BCUT2D eigenvalue weighted by Gasteiger charge is -2.32. The Hall–Kier alpha value is -3.22. The number of benzene rings is 1. The molecule has 3 aromatic rings. The van der Waals surface area contributed by atoms with Crippen LogP contribution in [0.5, 0.6) is 0 Å². The summed E-state index contributed by atoms with van der Waals surface area (Å²) in [5, 5.41) is 10.3. The molecule has 7 nitrogen and oxygen atoms in total. The van der Waals surface area contributed by atoms with E-state index in [1.54, 1.807) is 12.3 Å². The zero-order valence-electron chi connectivity index (χ0n) is 12.6. The predicted molar refractivity (Wildman–Crippen MR) is 85.4 cm³/mol. The minimum Gasteiger partial charge on any atom is -0.479 e. The van der Waals surface area contributed by atoms with Crippen molar-refractivity contribution < 1.29 is 14.7 Å². The zero-order valence-corrected chi connectivity index (χ0v) is 12.6. The molecule has 0 fully saturated rings. The number of aromatic amines is 1. The first kappa shape index (κ1) is 14.4. The van der Waals surface area contributed by atoms with Gasteiger partial charge in [0.2, 0.25) is 0 Å². The van der Waals surface area contributed by atoms with E-state index in [9.17, 15) is 14.7 Å². The Morgan fingerprint density at radius 3 is 2.88 bits per heavy atom. The van der Waals surface area contributed by atoms with E-state index in [0.717, 1.165) is 5.69 Å². The second-order valence-corrected chi connectivity index (χ2v) is 5.63. The molecule has 2 aromatic heterocycles. The van der Waals surface area contributed by atoms with Crippen LogP contribution < -0.4 is 0 Å². The van der Waals surface area contributed by atoms with Crippen LogP contribution in [0.1, 0.15) is 27.8 Å². The molecule has 0 bridgehead atoms. The van der Waals surface area contributed by atoms with E-state index in [-0.39, 0.29) is 5.91 Å². The van der Waals surface area contributed by atoms with Crippen LogP contribution in [0.2, 0.25) is 0 Å². The number of hydrogen-bond donors (Lipinski definition) is 2.